The van der Waals surface area contributed by atoms with Crippen LogP contribution in [0.5, 0.6) is 0 Å². The first kappa shape index (κ1) is 25.7. The number of carbonyl (C=O) groups excluding carboxylic acids is 1. The van der Waals surface area contributed by atoms with Gasteiger partial charge in [0.2, 0.25) is 0 Å². The summed E-state index contributed by atoms with van der Waals surface area (Å²) in [5, 5.41) is 2.97. The fourth-order valence-corrected chi connectivity index (χ4v) is 6.27. The van der Waals surface area contributed by atoms with Crippen molar-refractivity contribution in [2.45, 2.75) is 31.7 Å². The van der Waals surface area contributed by atoms with Gasteiger partial charge in [0, 0.05) is 61.9 Å². The van der Waals surface area contributed by atoms with Crippen molar-refractivity contribution in [2.75, 3.05) is 49.5 Å². The molecule has 3 aliphatic heterocycles. The molecule has 1 aromatic heterocycles. The predicted octanol–water partition coefficient (Wildman–Crippen LogP) is 5.86. The molecule has 4 heterocycles. The lowest BCUT2D eigenvalue weighted by Gasteiger charge is -2.27. The van der Waals surface area contributed by atoms with E-state index in [2.05, 4.69) is 27.3 Å². The number of pyridine rings is 1. The Morgan fingerprint density at radius 2 is 1.64 bits per heavy atom. The summed E-state index contributed by atoms with van der Waals surface area (Å²) in [6.07, 6.45) is 3.11. The minimum absolute atomic E-state index is 0.0370. The van der Waals surface area contributed by atoms with Crippen LogP contribution in [0, 0.1) is 11.2 Å². The molecular formula is C30H32F3N5O. The fourth-order valence-electron chi connectivity index (χ4n) is 6.27. The number of rotatable bonds is 5. The number of benzene rings is 2. The van der Waals surface area contributed by atoms with Gasteiger partial charge >= 0.3 is 6.03 Å². The normalized spacial score (nSPS) is 22.6. The number of carbonyl (C=O) groups is 1. The Morgan fingerprint density at radius 3 is 2.41 bits per heavy atom. The molecule has 1 unspecified atom stereocenters. The van der Waals surface area contributed by atoms with Crippen LogP contribution < -0.4 is 10.2 Å². The van der Waals surface area contributed by atoms with E-state index in [0.29, 0.717) is 18.7 Å². The van der Waals surface area contributed by atoms with Crippen molar-refractivity contribution in [1.82, 2.24) is 14.8 Å². The number of hydrogen-bond donors (Lipinski definition) is 1. The maximum atomic E-state index is 14.8. The third-order valence-corrected chi connectivity index (χ3v) is 8.29. The van der Waals surface area contributed by atoms with E-state index in [9.17, 15) is 18.0 Å². The average molecular weight is 536 g/mol. The number of anilines is 2. The number of nitrogens with zero attached hydrogens (tertiary/aromatic N) is 4. The molecule has 9 heteroatoms. The summed E-state index contributed by atoms with van der Waals surface area (Å²) in [5.74, 6) is -3.06. The third kappa shape index (κ3) is 5.32. The Hall–Kier alpha value is -3.59. The van der Waals surface area contributed by atoms with E-state index in [0.717, 1.165) is 32.5 Å². The molecule has 3 fully saturated rings. The Morgan fingerprint density at radius 1 is 0.872 bits per heavy atom. The van der Waals surface area contributed by atoms with E-state index in [4.69, 9.17) is 0 Å². The molecule has 0 aliphatic carbocycles. The molecule has 0 bridgehead atoms. The van der Waals surface area contributed by atoms with E-state index in [-0.39, 0.29) is 41.5 Å². The van der Waals surface area contributed by atoms with Crippen molar-refractivity contribution in [1.29, 1.82) is 0 Å². The molecule has 1 N–H and O–H groups in total. The number of nitrogens with one attached hydrogen (secondary N) is 1. The molecule has 3 aliphatic rings. The highest BCUT2D eigenvalue weighted by Crippen LogP contribution is 2.42. The van der Waals surface area contributed by atoms with Crippen LogP contribution in [0.4, 0.5) is 29.5 Å². The molecule has 2 amide bonds. The van der Waals surface area contributed by atoms with Crippen LogP contribution in [0.1, 0.15) is 24.8 Å². The van der Waals surface area contributed by atoms with Crippen LogP contribution in [0.15, 0.2) is 66.9 Å². The first-order valence-corrected chi connectivity index (χ1v) is 13.5. The van der Waals surface area contributed by atoms with Gasteiger partial charge in [0.15, 0.2) is 5.82 Å². The lowest BCUT2D eigenvalue weighted by Crippen LogP contribution is -2.37. The second-order valence-corrected chi connectivity index (χ2v) is 11.1. The van der Waals surface area contributed by atoms with E-state index in [1.54, 1.807) is 29.2 Å². The van der Waals surface area contributed by atoms with Gasteiger partial charge in [0.05, 0.1) is 12.2 Å². The maximum absolute atomic E-state index is 14.8. The topological polar surface area (TPSA) is 51.7 Å². The Bertz CT molecular complexity index is 1350. The number of halogens is 3. The minimum atomic E-state index is -2.84. The highest BCUT2D eigenvalue weighted by Gasteiger charge is 2.45. The van der Waals surface area contributed by atoms with Crippen LogP contribution in [0.2, 0.25) is 0 Å². The number of aromatic nitrogens is 1. The predicted molar refractivity (Wildman–Crippen MR) is 145 cm³/mol. The number of urea groups is 1. The second-order valence-electron chi connectivity index (χ2n) is 11.1. The lowest BCUT2D eigenvalue weighted by atomic mass is 9.86. The van der Waals surface area contributed by atoms with E-state index in [1.165, 1.54) is 22.7 Å². The minimum Gasteiger partial charge on any atom is -0.349 e. The van der Waals surface area contributed by atoms with Crippen molar-refractivity contribution in [3.05, 3.63) is 78.2 Å². The van der Waals surface area contributed by atoms with E-state index < -0.39 is 18.3 Å². The molecule has 39 heavy (non-hydrogen) atoms. The number of hydrogen-bond acceptors (Lipinski definition) is 4. The van der Waals surface area contributed by atoms with E-state index in [1.807, 2.05) is 18.2 Å². The summed E-state index contributed by atoms with van der Waals surface area (Å²) in [4.78, 5) is 23.7. The van der Waals surface area contributed by atoms with Crippen molar-refractivity contribution in [2.24, 2.45) is 5.41 Å². The van der Waals surface area contributed by atoms with Crippen LogP contribution in [0.25, 0.3) is 11.1 Å². The largest absolute Gasteiger partial charge is 0.349 e. The van der Waals surface area contributed by atoms with Gasteiger partial charge in [-0.1, -0.05) is 48.5 Å². The first-order chi connectivity index (χ1) is 18.8. The molecule has 1 atom stereocenters. The summed E-state index contributed by atoms with van der Waals surface area (Å²) in [6.45, 7) is 3.64. The first-order valence-electron chi connectivity index (χ1n) is 13.5. The molecule has 1 spiro atoms. The van der Waals surface area contributed by atoms with Gasteiger partial charge in [-0.2, -0.15) is 0 Å². The van der Waals surface area contributed by atoms with Gasteiger partial charge in [-0.05, 0) is 37.1 Å². The van der Waals surface area contributed by atoms with Crippen molar-refractivity contribution in [3.63, 3.8) is 0 Å². The van der Waals surface area contributed by atoms with E-state index >= 15 is 0 Å². The van der Waals surface area contributed by atoms with Crippen molar-refractivity contribution < 1.29 is 18.0 Å². The summed E-state index contributed by atoms with van der Waals surface area (Å²) in [5.41, 5.74) is 2.29. The lowest BCUT2D eigenvalue weighted by molar-refractivity contribution is 0.0257. The van der Waals surface area contributed by atoms with Crippen LogP contribution in [-0.2, 0) is 6.54 Å². The van der Waals surface area contributed by atoms with Crippen molar-refractivity contribution in [3.8, 4) is 11.1 Å². The van der Waals surface area contributed by atoms with Gasteiger partial charge in [0.1, 0.15) is 5.82 Å². The Kier molecular flexibility index (Phi) is 6.71. The molecule has 2 aromatic carbocycles. The zero-order valence-corrected chi connectivity index (χ0v) is 21.8. The maximum Gasteiger partial charge on any atom is 0.321 e. The highest BCUT2D eigenvalue weighted by atomic mass is 19.3. The standard InChI is InChI=1S/C30H32F3N5O/c31-25-9-5-4-8-23(25)24-10-14-34-27(37-17-13-30(32,33)21-37)26(24)35-28(39)38-16-12-29(20-38)11-15-36(19-29)18-22-6-2-1-3-7-22/h1-10,14H,11-13,15-21H2,(H,35,39). The second kappa shape index (κ2) is 10.2. The smallest absolute Gasteiger partial charge is 0.321 e. The van der Waals surface area contributed by atoms with Gasteiger partial charge in [-0.15, -0.1) is 0 Å². The monoisotopic (exact) mass is 535 g/mol. The molecule has 204 valence electrons. The molecule has 3 saturated heterocycles. The van der Waals surface area contributed by atoms with Gasteiger partial charge in [-0.3, -0.25) is 4.90 Å². The van der Waals surface area contributed by atoms with Gasteiger partial charge in [-0.25, -0.2) is 22.9 Å². The van der Waals surface area contributed by atoms with Crippen molar-refractivity contribution >= 4 is 17.5 Å². The summed E-state index contributed by atoms with van der Waals surface area (Å²) < 4.78 is 43.1. The SMILES string of the molecule is O=C(Nc1c(-c2ccccc2F)ccnc1N1CCC(F)(F)C1)N1CCC2(CCN(Cc3ccccc3)C2)C1. The molecule has 6 nitrogen and oxygen atoms in total. The number of alkyl halides is 2. The molecular weight excluding hydrogens is 503 g/mol. The number of amides is 2. The summed E-state index contributed by atoms with van der Waals surface area (Å²) >= 11 is 0. The fraction of sp³-hybridized carbons (Fsp3) is 0.400. The Labute approximate surface area is 226 Å². The van der Waals surface area contributed by atoms with Crippen LogP contribution in [-0.4, -0.2) is 66.0 Å². The quantitative estimate of drug-likeness (QED) is 0.445. The third-order valence-electron chi connectivity index (χ3n) is 8.29. The van der Waals surface area contributed by atoms with Crippen LogP contribution in [0.3, 0.4) is 0 Å². The van der Waals surface area contributed by atoms with Gasteiger partial charge in [0.25, 0.3) is 5.92 Å². The average Bonchev–Trinajstić information content (AvgIpc) is 3.63. The zero-order valence-electron chi connectivity index (χ0n) is 21.8. The highest BCUT2D eigenvalue weighted by molar-refractivity contribution is 5.99. The molecule has 0 saturated carbocycles. The molecule has 0 radical (unpaired) electrons. The van der Waals surface area contributed by atoms with Crippen LogP contribution >= 0.6 is 0 Å². The zero-order chi connectivity index (χ0) is 27.0. The summed E-state index contributed by atoms with van der Waals surface area (Å²) in [6, 6.07) is 18.0. The summed E-state index contributed by atoms with van der Waals surface area (Å²) in [7, 11) is 0. The number of likely N-dealkylation sites (tertiary alicyclic amines) is 2. The molecule has 6 rings (SSSR count). The molecule has 3 aromatic rings. The Balaban J connectivity index is 1.22. The van der Waals surface area contributed by atoms with Gasteiger partial charge < -0.3 is 15.1 Å².